The Bertz CT molecular complexity index is 1100. The summed E-state index contributed by atoms with van der Waals surface area (Å²) in [5.41, 5.74) is 4.26. The van der Waals surface area contributed by atoms with E-state index in [1.54, 1.807) is 6.07 Å². The average molecular weight is 388 g/mol. The maximum atomic E-state index is 9.53. The van der Waals surface area contributed by atoms with Gasteiger partial charge in [-0.05, 0) is 29.8 Å². The van der Waals surface area contributed by atoms with Gasteiger partial charge >= 0.3 is 0 Å². The summed E-state index contributed by atoms with van der Waals surface area (Å²) >= 11 is 0. The van der Waals surface area contributed by atoms with Gasteiger partial charge in [-0.3, -0.25) is 4.98 Å². The molecule has 0 unspecified atom stereocenters. The van der Waals surface area contributed by atoms with Gasteiger partial charge in [0.15, 0.2) is 11.5 Å². The molecule has 2 aromatic carbocycles. The van der Waals surface area contributed by atoms with Crippen molar-refractivity contribution in [3.63, 3.8) is 0 Å². The van der Waals surface area contributed by atoms with Crippen molar-refractivity contribution in [2.75, 3.05) is 31.3 Å². The maximum absolute atomic E-state index is 9.53. The van der Waals surface area contributed by atoms with E-state index in [4.69, 9.17) is 14.2 Å². The van der Waals surface area contributed by atoms with Crippen LogP contribution in [0.25, 0.3) is 0 Å². The molecule has 3 aliphatic rings. The first-order valence-electron chi connectivity index (χ1n) is 9.78. The van der Waals surface area contributed by atoms with E-state index in [0.717, 1.165) is 35.1 Å². The summed E-state index contributed by atoms with van der Waals surface area (Å²) in [6, 6.07) is 16.1. The third-order valence-electron chi connectivity index (χ3n) is 6.02. The summed E-state index contributed by atoms with van der Waals surface area (Å²) < 4.78 is 17.7. The molecule has 0 saturated carbocycles. The topological polar surface area (TPSA) is 64.1 Å². The number of hydrogen-bond acceptors (Lipinski definition) is 6. The molecule has 0 saturated heterocycles. The number of aromatic nitrogens is 1. The Morgan fingerprint density at radius 2 is 1.76 bits per heavy atom. The van der Waals surface area contributed by atoms with Gasteiger partial charge in [0, 0.05) is 23.9 Å². The fraction of sp³-hybridized carbons (Fsp3) is 0.261. The molecule has 3 aromatic rings. The SMILES string of the molecule is Oc1ccc(CN2C[C@]3(COc4cc5c(cc43)OCCO5)c3ccccc32)nc1. The van der Waals surface area contributed by atoms with Gasteiger partial charge in [0.1, 0.15) is 31.3 Å². The fourth-order valence-electron chi connectivity index (χ4n) is 4.69. The molecule has 1 aromatic heterocycles. The smallest absolute Gasteiger partial charge is 0.165 e. The van der Waals surface area contributed by atoms with Crippen molar-refractivity contribution in [3.05, 3.63) is 71.5 Å². The summed E-state index contributed by atoms with van der Waals surface area (Å²) in [5.74, 6) is 2.59. The average Bonchev–Trinajstić information content (AvgIpc) is 3.27. The fourth-order valence-corrected chi connectivity index (χ4v) is 4.69. The number of benzene rings is 2. The normalized spacial score (nSPS) is 21.0. The Morgan fingerprint density at radius 3 is 2.59 bits per heavy atom. The van der Waals surface area contributed by atoms with Crippen molar-refractivity contribution in [2.24, 2.45) is 0 Å². The second-order valence-electron chi connectivity index (χ2n) is 7.74. The second-order valence-corrected chi connectivity index (χ2v) is 7.74. The third-order valence-corrected chi connectivity index (χ3v) is 6.02. The van der Waals surface area contributed by atoms with Crippen molar-refractivity contribution in [3.8, 4) is 23.0 Å². The minimum atomic E-state index is -0.251. The van der Waals surface area contributed by atoms with Gasteiger partial charge < -0.3 is 24.2 Å². The number of fused-ring (bicyclic) bond motifs is 5. The highest BCUT2D eigenvalue weighted by Crippen LogP contribution is 2.54. The lowest BCUT2D eigenvalue weighted by Crippen LogP contribution is -2.36. The standard InChI is InChI=1S/C23H20N2O4/c26-16-6-5-15(24-11-16)12-25-13-23(17-3-1-2-4-19(17)25)14-29-20-10-22-21(9-18(20)23)27-7-8-28-22/h1-6,9-11,26H,7-8,12-14H2/t23-/m0/s1. The summed E-state index contributed by atoms with van der Waals surface area (Å²) in [4.78, 5) is 6.71. The van der Waals surface area contributed by atoms with E-state index in [1.807, 2.05) is 12.1 Å². The molecule has 0 fully saturated rings. The Hall–Kier alpha value is -3.41. The maximum Gasteiger partial charge on any atom is 0.165 e. The predicted molar refractivity (Wildman–Crippen MR) is 107 cm³/mol. The van der Waals surface area contributed by atoms with E-state index in [9.17, 15) is 5.11 Å². The zero-order valence-corrected chi connectivity index (χ0v) is 15.8. The summed E-state index contributed by atoms with van der Waals surface area (Å²) in [5, 5.41) is 9.53. The van der Waals surface area contributed by atoms with Gasteiger partial charge in [0.2, 0.25) is 0 Å². The van der Waals surface area contributed by atoms with Crippen molar-refractivity contribution >= 4 is 5.69 Å². The van der Waals surface area contributed by atoms with Gasteiger partial charge in [-0.15, -0.1) is 0 Å². The molecule has 1 atom stereocenters. The zero-order valence-electron chi connectivity index (χ0n) is 15.8. The molecule has 6 nitrogen and oxygen atoms in total. The largest absolute Gasteiger partial charge is 0.506 e. The number of para-hydroxylation sites is 1. The number of nitrogens with zero attached hydrogens (tertiary/aromatic N) is 2. The molecular weight excluding hydrogens is 368 g/mol. The zero-order chi connectivity index (χ0) is 19.4. The predicted octanol–water partition coefficient (Wildman–Crippen LogP) is 3.26. The molecule has 1 N–H and O–H groups in total. The van der Waals surface area contributed by atoms with Crippen molar-refractivity contribution in [2.45, 2.75) is 12.0 Å². The van der Waals surface area contributed by atoms with E-state index >= 15 is 0 Å². The Morgan fingerprint density at radius 1 is 0.931 bits per heavy atom. The quantitative estimate of drug-likeness (QED) is 0.727. The lowest BCUT2D eigenvalue weighted by atomic mass is 9.77. The molecule has 0 aliphatic carbocycles. The van der Waals surface area contributed by atoms with Gasteiger partial charge in [-0.1, -0.05) is 18.2 Å². The lowest BCUT2D eigenvalue weighted by molar-refractivity contribution is 0.171. The van der Waals surface area contributed by atoms with Crippen molar-refractivity contribution in [1.29, 1.82) is 0 Å². The van der Waals surface area contributed by atoms with Crippen LogP contribution in [0, 0.1) is 0 Å². The van der Waals surface area contributed by atoms with Gasteiger partial charge in [-0.2, -0.15) is 0 Å². The van der Waals surface area contributed by atoms with Crippen LogP contribution in [-0.4, -0.2) is 36.5 Å². The molecule has 29 heavy (non-hydrogen) atoms. The van der Waals surface area contributed by atoms with Crippen LogP contribution in [0.5, 0.6) is 23.0 Å². The van der Waals surface area contributed by atoms with E-state index < -0.39 is 0 Å². The van der Waals surface area contributed by atoms with Gasteiger partial charge in [-0.25, -0.2) is 0 Å². The van der Waals surface area contributed by atoms with Crippen LogP contribution in [0.4, 0.5) is 5.69 Å². The summed E-state index contributed by atoms with van der Waals surface area (Å²) in [7, 11) is 0. The molecule has 1 spiro atoms. The summed E-state index contributed by atoms with van der Waals surface area (Å²) in [6.45, 7) is 3.17. The first-order valence-corrected chi connectivity index (χ1v) is 9.78. The Kier molecular flexibility index (Phi) is 3.45. The third kappa shape index (κ3) is 2.45. The minimum Gasteiger partial charge on any atom is -0.506 e. The van der Waals surface area contributed by atoms with E-state index in [0.29, 0.717) is 26.4 Å². The second kappa shape index (κ2) is 6.04. The minimum absolute atomic E-state index is 0.178. The van der Waals surface area contributed by atoms with Crippen LogP contribution >= 0.6 is 0 Å². The first kappa shape index (κ1) is 16.5. The van der Waals surface area contributed by atoms with Crippen LogP contribution in [0.3, 0.4) is 0 Å². The van der Waals surface area contributed by atoms with Gasteiger partial charge in [0.05, 0.1) is 23.9 Å². The van der Waals surface area contributed by atoms with Crippen LogP contribution < -0.4 is 19.1 Å². The van der Waals surface area contributed by atoms with Crippen molar-refractivity contribution < 1.29 is 19.3 Å². The van der Waals surface area contributed by atoms with Crippen LogP contribution in [0.1, 0.15) is 16.8 Å². The molecule has 4 heterocycles. The van der Waals surface area contributed by atoms with Crippen LogP contribution in [0.2, 0.25) is 0 Å². The Labute approximate surface area is 168 Å². The number of hydrogen-bond donors (Lipinski definition) is 1. The molecule has 6 rings (SSSR count). The van der Waals surface area contributed by atoms with Crippen LogP contribution in [0.15, 0.2) is 54.7 Å². The number of ether oxygens (including phenoxy) is 3. The highest BCUT2D eigenvalue weighted by atomic mass is 16.6. The highest BCUT2D eigenvalue weighted by molar-refractivity contribution is 5.70. The van der Waals surface area contributed by atoms with Crippen molar-refractivity contribution in [1.82, 2.24) is 4.98 Å². The highest BCUT2D eigenvalue weighted by Gasteiger charge is 2.50. The molecule has 0 bridgehead atoms. The van der Waals surface area contributed by atoms with Crippen LogP contribution in [-0.2, 0) is 12.0 Å². The molecule has 0 amide bonds. The molecule has 0 radical (unpaired) electrons. The first-order chi connectivity index (χ1) is 14.2. The van der Waals surface area contributed by atoms with E-state index in [-0.39, 0.29) is 11.2 Å². The lowest BCUT2D eigenvalue weighted by Gasteiger charge is -2.26. The van der Waals surface area contributed by atoms with E-state index in [2.05, 4.69) is 40.2 Å². The number of anilines is 1. The molecule has 146 valence electrons. The number of aromatic hydroxyl groups is 1. The molecule has 3 aliphatic heterocycles. The van der Waals surface area contributed by atoms with E-state index in [1.165, 1.54) is 17.4 Å². The molecular formula is C23H20N2O4. The number of rotatable bonds is 2. The Balaban J connectivity index is 1.43. The monoisotopic (exact) mass is 388 g/mol. The molecule has 6 heteroatoms. The van der Waals surface area contributed by atoms with Gasteiger partial charge in [0.25, 0.3) is 0 Å². The number of pyridine rings is 1. The summed E-state index contributed by atoms with van der Waals surface area (Å²) in [6.07, 6.45) is 1.49.